The number of piperidine rings is 1. The molecule has 5 heterocycles. The van der Waals surface area contributed by atoms with Crippen molar-refractivity contribution in [3.63, 3.8) is 0 Å². The average molecular weight is 366 g/mol. The molecule has 27 heavy (non-hydrogen) atoms. The van der Waals surface area contributed by atoms with E-state index < -0.39 is 0 Å². The lowest BCUT2D eigenvalue weighted by atomic mass is 9.93. The zero-order chi connectivity index (χ0) is 18.2. The van der Waals surface area contributed by atoms with Gasteiger partial charge >= 0.3 is 0 Å². The number of aryl methyl sites for hydroxylation is 1. The fourth-order valence-corrected chi connectivity index (χ4v) is 4.97. The van der Waals surface area contributed by atoms with Gasteiger partial charge in [0.2, 0.25) is 0 Å². The van der Waals surface area contributed by atoms with E-state index in [0.29, 0.717) is 11.6 Å². The van der Waals surface area contributed by atoms with Crippen LogP contribution in [0.2, 0.25) is 0 Å². The van der Waals surface area contributed by atoms with Crippen molar-refractivity contribution in [3.05, 3.63) is 47.1 Å². The first-order valence-electron chi connectivity index (χ1n) is 10.2. The Morgan fingerprint density at radius 2 is 2.07 bits per heavy atom. The van der Waals surface area contributed by atoms with Crippen LogP contribution in [0.25, 0.3) is 0 Å². The highest BCUT2D eigenvalue weighted by molar-refractivity contribution is 5.94. The normalized spacial score (nSPS) is 25.3. The number of aromatic nitrogens is 2. The molecule has 142 valence electrons. The van der Waals surface area contributed by atoms with Gasteiger partial charge in [-0.25, -0.2) is 0 Å². The molecule has 2 aromatic rings. The minimum absolute atomic E-state index is 0.0799. The van der Waals surface area contributed by atoms with Crippen LogP contribution in [0.5, 0.6) is 0 Å². The van der Waals surface area contributed by atoms with Gasteiger partial charge in [-0.05, 0) is 50.2 Å². The first-order valence-corrected chi connectivity index (χ1v) is 10.2. The van der Waals surface area contributed by atoms with Gasteiger partial charge < -0.3 is 9.42 Å². The van der Waals surface area contributed by atoms with Crippen LogP contribution in [0.15, 0.2) is 28.9 Å². The van der Waals surface area contributed by atoms with Gasteiger partial charge in [-0.15, -0.1) is 0 Å². The molecule has 1 aliphatic carbocycles. The molecule has 1 amide bonds. The predicted molar refractivity (Wildman–Crippen MR) is 100 cm³/mol. The fourth-order valence-electron chi connectivity index (χ4n) is 4.97. The third-order valence-electron chi connectivity index (χ3n) is 6.31. The number of pyridine rings is 1. The van der Waals surface area contributed by atoms with Crippen molar-refractivity contribution in [1.82, 2.24) is 19.9 Å². The maximum Gasteiger partial charge on any atom is 0.276 e. The minimum atomic E-state index is 0.0799. The van der Waals surface area contributed by atoms with Crippen LogP contribution in [0.3, 0.4) is 0 Å². The third-order valence-corrected chi connectivity index (χ3v) is 6.31. The molecule has 4 aliphatic rings. The van der Waals surface area contributed by atoms with E-state index in [0.717, 1.165) is 75.3 Å². The summed E-state index contributed by atoms with van der Waals surface area (Å²) < 4.78 is 5.49. The van der Waals surface area contributed by atoms with Gasteiger partial charge in [0.05, 0.1) is 5.69 Å². The van der Waals surface area contributed by atoms with Crippen molar-refractivity contribution in [2.45, 2.75) is 51.1 Å². The smallest absolute Gasteiger partial charge is 0.276 e. The summed E-state index contributed by atoms with van der Waals surface area (Å²) in [5.41, 5.74) is 2.74. The zero-order valence-electron chi connectivity index (χ0n) is 15.6. The molecule has 0 radical (unpaired) electrons. The lowest BCUT2D eigenvalue weighted by Crippen LogP contribution is -2.47. The molecule has 2 atom stereocenters. The number of carbonyl (C=O) groups excluding carboxylic acids is 1. The molecule has 3 fully saturated rings. The highest BCUT2D eigenvalue weighted by Gasteiger charge is 2.39. The molecule has 6 nitrogen and oxygen atoms in total. The summed E-state index contributed by atoms with van der Waals surface area (Å²) in [6.07, 6.45) is 8.23. The van der Waals surface area contributed by atoms with Gasteiger partial charge in [-0.2, -0.15) is 0 Å². The number of hydrogen-bond acceptors (Lipinski definition) is 5. The van der Waals surface area contributed by atoms with Gasteiger partial charge in [0, 0.05) is 50.4 Å². The van der Waals surface area contributed by atoms with Crippen molar-refractivity contribution in [1.29, 1.82) is 0 Å². The van der Waals surface area contributed by atoms with E-state index in [-0.39, 0.29) is 11.9 Å². The second kappa shape index (κ2) is 7.08. The molecule has 0 aromatic carbocycles. The van der Waals surface area contributed by atoms with Gasteiger partial charge in [-0.1, -0.05) is 11.2 Å². The van der Waals surface area contributed by atoms with Gasteiger partial charge in [0.25, 0.3) is 5.91 Å². The second-order valence-corrected chi connectivity index (χ2v) is 8.21. The second-order valence-electron chi connectivity index (χ2n) is 8.21. The summed E-state index contributed by atoms with van der Waals surface area (Å²) in [6, 6.07) is 6.33. The minimum Gasteiger partial charge on any atom is -0.360 e. The first-order chi connectivity index (χ1) is 13.3. The number of fused-ring (bicyclic) bond motifs is 5. The van der Waals surface area contributed by atoms with E-state index in [1.165, 1.54) is 6.42 Å². The van der Waals surface area contributed by atoms with E-state index in [1.54, 1.807) is 0 Å². The first kappa shape index (κ1) is 16.9. The fraction of sp³-hybridized carbons (Fsp3) is 0.571. The Morgan fingerprint density at radius 3 is 2.96 bits per heavy atom. The topological polar surface area (TPSA) is 62.5 Å². The molecule has 2 bridgehead atoms. The lowest BCUT2D eigenvalue weighted by Gasteiger charge is -2.36. The van der Waals surface area contributed by atoms with E-state index in [4.69, 9.17) is 4.52 Å². The zero-order valence-corrected chi connectivity index (χ0v) is 15.6. The van der Waals surface area contributed by atoms with Crippen LogP contribution < -0.4 is 0 Å². The molecule has 6 heteroatoms. The van der Waals surface area contributed by atoms with E-state index in [1.807, 2.05) is 18.3 Å². The summed E-state index contributed by atoms with van der Waals surface area (Å²) in [5, 5.41) is 4.18. The molecule has 0 spiro atoms. The van der Waals surface area contributed by atoms with Gasteiger partial charge in [0.15, 0.2) is 5.69 Å². The summed E-state index contributed by atoms with van der Waals surface area (Å²) >= 11 is 0. The molecule has 0 N–H and O–H groups in total. The molecule has 6 rings (SSSR count). The van der Waals surface area contributed by atoms with Crippen LogP contribution in [-0.2, 0) is 19.4 Å². The summed E-state index contributed by atoms with van der Waals surface area (Å²) in [4.78, 5) is 22.3. The van der Waals surface area contributed by atoms with Crippen LogP contribution in [0, 0.1) is 5.92 Å². The molecular weight excluding hydrogens is 340 g/mol. The maximum atomic E-state index is 13.3. The molecule has 3 saturated heterocycles. The lowest BCUT2D eigenvalue weighted by molar-refractivity contribution is 0.0573. The number of carbonyl (C=O) groups is 1. The number of hydrogen-bond donors (Lipinski definition) is 0. The Balaban J connectivity index is 1.34. The summed E-state index contributed by atoms with van der Waals surface area (Å²) in [7, 11) is 0. The molecule has 0 unspecified atom stereocenters. The Labute approximate surface area is 159 Å². The quantitative estimate of drug-likeness (QED) is 0.836. The largest absolute Gasteiger partial charge is 0.360 e. The van der Waals surface area contributed by atoms with E-state index >= 15 is 0 Å². The number of amides is 1. The van der Waals surface area contributed by atoms with E-state index in [2.05, 4.69) is 26.0 Å². The van der Waals surface area contributed by atoms with Gasteiger partial charge in [-0.3, -0.25) is 14.7 Å². The highest BCUT2D eigenvalue weighted by atomic mass is 16.5. The summed E-state index contributed by atoms with van der Waals surface area (Å²) in [5.74, 6) is 1.54. The Morgan fingerprint density at radius 1 is 1.15 bits per heavy atom. The third kappa shape index (κ3) is 3.27. The van der Waals surface area contributed by atoms with Crippen LogP contribution >= 0.6 is 0 Å². The molecule has 0 saturated carbocycles. The average Bonchev–Trinajstić information content (AvgIpc) is 2.94. The van der Waals surface area contributed by atoms with Crippen molar-refractivity contribution in [2.75, 3.05) is 19.6 Å². The monoisotopic (exact) mass is 366 g/mol. The molecule has 2 aromatic heterocycles. The molecular formula is C21H26N4O2. The van der Waals surface area contributed by atoms with Crippen LogP contribution in [0.4, 0.5) is 0 Å². The predicted octanol–water partition coefficient (Wildman–Crippen LogP) is 2.69. The van der Waals surface area contributed by atoms with Crippen LogP contribution in [0.1, 0.15) is 53.2 Å². The Kier molecular flexibility index (Phi) is 4.44. The standard InChI is InChI=1S/C21H26N4O2/c26-21(20-18-6-1-2-7-19(18)27-23-20)25-12-15-8-9-17(25)14-24(11-15)13-16-5-3-4-10-22-16/h3-5,10,15,17H,1-2,6-9,11-14H2/t15-,17+/m0/s1. The van der Waals surface area contributed by atoms with Gasteiger partial charge in [0.1, 0.15) is 5.76 Å². The molecule has 3 aliphatic heterocycles. The van der Waals surface area contributed by atoms with Crippen molar-refractivity contribution in [2.24, 2.45) is 5.92 Å². The maximum absolute atomic E-state index is 13.3. The van der Waals surface area contributed by atoms with E-state index in [9.17, 15) is 4.79 Å². The SMILES string of the molecule is O=C(c1noc2c1CCCC2)N1C[C@H]2CC[C@@H]1CN(Cc1ccccn1)C2. The Hall–Kier alpha value is -2.21. The van der Waals surface area contributed by atoms with Crippen LogP contribution in [-0.4, -0.2) is 51.5 Å². The van der Waals surface area contributed by atoms with Crippen molar-refractivity contribution >= 4 is 5.91 Å². The summed E-state index contributed by atoms with van der Waals surface area (Å²) in [6.45, 7) is 3.64. The van der Waals surface area contributed by atoms with Crippen molar-refractivity contribution in [3.8, 4) is 0 Å². The number of nitrogens with zero attached hydrogens (tertiary/aromatic N) is 4. The number of rotatable bonds is 3. The van der Waals surface area contributed by atoms with Crippen molar-refractivity contribution < 1.29 is 9.32 Å². The Bertz CT molecular complexity index is 819. The highest BCUT2D eigenvalue weighted by Crippen LogP contribution is 2.32.